The largest absolute Gasteiger partial charge is 0.495 e. The van der Waals surface area contributed by atoms with Crippen molar-refractivity contribution in [3.63, 3.8) is 0 Å². The molecule has 1 aliphatic rings. The molecule has 2 amide bonds. The number of carbonyl (C=O) groups is 1. The van der Waals surface area contributed by atoms with Gasteiger partial charge in [0.2, 0.25) is 0 Å². The lowest BCUT2D eigenvalue weighted by Gasteiger charge is -2.39. The van der Waals surface area contributed by atoms with Gasteiger partial charge < -0.3 is 19.9 Å². The quantitative estimate of drug-likeness (QED) is 0.930. The smallest absolute Gasteiger partial charge is 0.321 e. The molecule has 1 fully saturated rings. The minimum absolute atomic E-state index is 0.0825. The molecule has 2 atom stereocenters. The zero-order valence-electron chi connectivity index (χ0n) is 13.3. The molecule has 1 aliphatic heterocycles. The van der Waals surface area contributed by atoms with Gasteiger partial charge >= 0.3 is 6.03 Å². The molecule has 1 saturated heterocycles. The number of carbonyl (C=O) groups excluding carboxylic acids is 1. The van der Waals surface area contributed by atoms with Crippen molar-refractivity contribution in [3.05, 3.63) is 24.3 Å². The molecule has 2 rings (SSSR count). The van der Waals surface area contributed by atoms with Gasteiger partial charge in [-0.05, 0) is 38.1 Å². The maximum absolute atomic E-state index is 12.5. The van der Waals surface area contributed by atoms with Crippen molar-refractivity contribution in [3.8, 4) is 5.75 Å². The molecule has 0 saturated carbocycles. The number of urea groups is 1. The zero-order chi connectivity index (χ0) is 15.4. The summed E-state index contributed by atoms with van der Waals surface area (Å²) in [6, 6.07) is 7.65. The number of nitrogens with one attached hydrogen (secondary N) is 1. The van der Waals surface area contributed by atoms with Crippen molar-refractivity contribution in [2.45, 2.75) is 19.4 Å². The normalized spacial score (nSPS) is 22.7. The first-order valence-electron chi connectivity index (χ1n) is 7.38. The summed E-state index contributed by atoms with van der Waals surface area (Å²) < 4.78 is 5.27. The number of anilines is 1. The van der Waals surface area contributed by atoms with Crippen LogP contribution in [0.2, 0.25) is 0 Å². The van der Waals surface area contributed by atoms with Gasteiger partial charge in [-0.3, -0.25) is 0 Å². The molecule has 1 aromatic carbocycles. The number of methoxy groups -OCH3 is 1. The van der Waals surface area contributed by atoms with Gasteiger partial charge in [0.1, 0.15) is 5.75 Å². The van der Waals surface area contributed by atoms with Crippen LogP contribution in [0.5, 0.6) is 5.75 Å². The number of amides is 2. The predicted octanol–water partition coefficient (Wildman–Crippen LogP) is 2.50. The van der Waals surface area contributed by atoms with E-state index in [4.69, 9.17) is 4.74 Å². The monoisotopic (exact) mass is 291 g/mol. The Bertz CT molecular complexity index is 492. The number of para-hydroxylation sites is 2. The van der Waals surface area contributed by atoms with Crippen LogP contribution < -0.4 is 10.1 Å². The molecule has 1 heterocycles. The Morgan fingerprint density at radius 1 is 1.43 bits per heavy atom. The van der Waals surface area contributed by atoms with Crippen molar-refractivity contribution in [2.75, 3.05) is 39.6 Å². The summed E-state index contributed by atoms with van der Waals surface area (Å²) in [7, 11) is 5.60. The maximum atomic E-state index is 12.5. The van der Waals surface area contributed by atoms with E-state index in [1.807, 2.05) is 36.2 Å². The molecule has 1 aromatic rings. The van der Waals surface area contributed by atoms with E-state index >= 15 is 0 Å². The second-order valence-electron chi connectivity index (χ2n) is 5.84. The van der Waals surface area contributed by atoms with Crippen LogP contribution in [0.3, 0.4) is 0 Å². The number of piperidine rings is 1. The van der Waals surface area contributed by atoms with E-state index in [-0.39, 0.29) is 12.1 Å². The van der Waals surface area contributed by atoms with Crippen LogP contribution >= 0.6 is 0 Å². The van der Waals surface area contributed by atoms with E-state index in [9.17, 15) is 4.79 Å². The van der Waals surface area contributed by atoms with Gasteiger partial charge in [-0.25, -0.2) is 4.79 Å². The van der Waals surface area contributed by atoms with Crippen LogP contribution in [0, 0.1) is 5.92 Å². The highest BCUT2D eigenvalue weighted by Gasteiger charge is 2.30. The molecule has 0 bridgehead atoms. The van der Waals surface area contributed by atoms with E-state index in [0.717, 1.165) is 19.5 Å². The minimum atomic E-state index is -0.0825. The predicted molar refractivity (Wildman–Crippen MR) is 84.8 cm³/mol. The number of ether oxygens (including phenoxy) is 1. The Morgan fingerprint density at radius 3 is 2.81 bits per heavy atom. The van der Waals surface area contributed by atoms with Crippen LogP contribution in [0.1, 0.15) is 13.3 Å². The lowest BCUT2D eigenvalue weighted by molar-refractivity contribution is 0.113. The second kappa shape index (κ2) is 6.80. The Balaban J connectivity index is 2.02. The average molecular weight is 291 g/mol. The Labute approximate surface area is 126 Å². The maximum Gasteiger partial charge on any atom is 0.321 e. The van der Waals surface area contributed by atoms with Crippen molar-refractivity contribution in [1.29, 1.82) is 0 Å². The molecule has 5 heteroatoms. The third kappa shape index (κ3) is 3.67. The van der Waals surface area contributed by atoms with Gasteiger partial charge in [0.15, 0.2) is 0 Å². The van der Waals surface area contributed by atoms with Crippen molar-refractivity contribution in [2.24, 2.45) is 5.92 Å². The molecule has 5 nitrogen and oxygen atoms in total. The highest BCUT2D eigenvalue weighted by molar-refractivity contribution is 5.91. The van der Waals surface area contributed by atoms with Gasteiger partial charge in [0.25, 0.3) is 0 Å². The summed E-state index contributed by atoms with van der Waals surface area (Å²) >= 11 is 0. The average Bonchev–Trinajstić information content (AvgIpc) is 2.47. The fourth-order valence-corrected chi connectivity index (χ4v) is 3.02. The summed E-state index contributed by atoms with van der Waals surface area (Å²) in [5.41, 5.74) is 0.706. The minimum Gasteiger partial charge on any atom is -0.495 e. The molecule has 1 N–H and O–H groups in total. The van der Waals surface area contributed by atoms with Gasteiger partial charge in [0, 0.05) is 19.6 Å². The zero-order valence-corrected chi connectivity index (χ0v) is 13.3. The molecule has 21 heavy (non-hydrogen) atoms. The van der Waals surface area contributed by atoms with E-state index in [0.29, 0.717) is 17.4 Å². The molecule has 116 valence electrons. The topological polar surface area (TPSA) is 44.8 Å². The van der Waals surface area contributed by atoms with E-state index in [1.165, 1.54) is 0 Å². The van der Waals surface area contributed by atoms with Crippen LogP contribution in [0.4, 0.5) is 10.5 Å². The summed E-state index contributed by atoms with van der Waals surface area (Å²) in [5.74, 6) is 1.15. The highest BCUT2D eigenvalue weighted by atomic mass is 16.5. The van der Waals surface area contributed by atoms with Crippen molar-refractivity contribution < 1.29 is 9.53 Å². The third-order valence-corrected chi connectivity index (χ3v) is 4.23. The fraction of sp³-hybridized carbons (Fsp3) is 0.562. The molecule has 0 spiro atoms. The number of rotatable bonds is 3. The van der Waals surface area contributed by atoms with Gasteiger partial charge in [-0.1, -0.05) is 19.1 Å². The summed E-state index contributed by atoms with van der Waals surface area (Å²) in [4.78, 5) is 16.6. The standard InChI is InChI=1S/C16H25N3O2/c1-12-11-18(2)10-9-14(12)19(3)16(20)17-13-7-5-6-8-15(13)21-4/h5-8,12,14H,9-11H2,1-4H3,(H,17,20)/t12-,14+/m0/s1. The molecule has 0 radical (unpaired) electrons. The Hall–Kier alpha value is -1.75. The lowest BCUT2D eigenvalue weighted by Crippen LogP contribution is -2.50. The third-order valence-electron chi connectivity index (χ3n) is 4.23. The first-order chi connectivity index (χ1) is 10.0. The first-order valence-corrected chi connectivity index (χ1v) is 7.38. The van der Waals surface area contributed by atoms with Crippen LogP contribution in [0.15, 0.2) is 24.3 Å². The Morgan fingerprint density at radius 2 is 2.14 bits per heavy atom. The van der Waals surface area contributed by atoms with E-state index in [1.54, 1.807) is 7.11 Å². The molecular formula is C16H25N3O2. The van der Waals surface area contributed by atoms with Crippen LogP contribution in [-0.2, 0) is 0 Å². The lowest BCUT2D eigenvalue weighted by atomic mass is 9.93. The molecule has 0 aliphatic carbocycles. The fourth-order valence-electron chi connectivity index (χ4n) is 3.02. The van der Waals surface area contributed by atoms with Gasteiger partial charge in [0.05, 0.1) is 12.8 Å². The van der Waals surface area contributed by atoms with E-state index in [2.05, 4.69) is 24.2 Å². The number of hydrogen-bond acceptors (Lipinski definition) is 3. The molecule has 0 aromatic heterocycles. The number of likely N-dealkylation sites (tertiary alicyclic amines) is 1. The van der Waals surface area contributed by atoms with Gasteiger partial charge in [-0.2, -0.15) is 0 Å². The Kier molecular flexibility index (Phi) is 5.07. The summed E-state index contributed by atoms with van der Waals surface area (Å²) in [6.07, 6.45) is 1.01. The number of nitrogens with zero attached hydrogens (tertiary/aromatic N) is 2. The van der Waals surface area contributed by atoms with Crippen LogP contribution in [-0.4, -0.2) is 56.2 Å². The molecule has 0 unspecified atom stereocenters. The second-order valence-corrected chi connectivity index (χ2v) is 5.84. The summed E-state index contributed by atoms with van der Waals surface area (Å²) in [5, 5.41) is 2.94. The van der Waals surface area contributed by atoms with Crippen molar-refractivity contribution in [1.82, 2.24) is 9.80 Å². The SMILES string of the molecule is COc1ccccc1NC(=O)N(C)[C@@H]1CCN(C)C[C@@H]1C. The van der Waals surface area contributed by atoms with Crippen molar-refractivity contribution >= 4 is 11.7 Å². The number of benzene rings is 1. The summed E-state index contributed by atoms with van der Waals surface area (Å²) in [6.45, 7) is 4.26. The first kappa shape index (κ1) is 15.6. The van der Waals surface area contributed by atoms with Crippen LogP contribution in [0.25, 0.3) is 0 Å². The highest BCUT2D eigenvalue weighted by Crippen LogP contribution is 2.25. The molecular weight excluding hydrogens is 266 g/mol. The number of hydrogen-bond donors (Lipinski definition) is 1. The van der Waals surface area contributed by atoms with E-state index < -0.39 is 0 Å². The van der Waals surface area contributed by atoms with Gasteiger partial charge in [-0.15, -0.1) is 0 Å².